The van der Waals surface area contributed by atoms with Crippen LogP contribution in [0.25, 0.3) is 0 Å². The molecule has 1 fully saturated rings. The summed E-state index contributed by atoms with van der Waals surface area (Å²) >= 11 is 6.14. The number of methoxy groups -OCH3 is 1. The number of hydrogen-bond donors (Lipinski definition) is 1. The molecule has 1 amide bonds. The van der Waals surface area contributed by atoms with Gasteiger partial charge in [-0.05, 0) is 49.6 Å². The summed E-state index contributed by atoms with van der Waals surface area (Å²) in [5.41, 5.74) is 1.51. The highest BCUT2D eigenvalue weighted by Crippen LogP contribution is 2.31. The number of benzene rings is 3. The molecule has 1 heterocycles. The maximum absolute atomic E-state index is 13.5. The van der Waals surface area contributed by atoms with Gasteiger partial charge in [-0.25, -0.2) is 8.42 Å². The summed E-state index contributed by atoms with van der Waals surface area (Å²) in [6.07, 6.45) is 0.903. The second-order valence-electron chi connectivity index (χ2n) is 8.28. The number of carbonyl (C=O) groups excluding carboxylic acids is 2. The van der Waals surface area contributed by atoms with Gasteiger partial charge in [-0.15, -0.1) is 0 Å². The van der Waals surface area contributed by atoms with Crippen LogP contribution < -0.4 is 10.1 Å². The van der Waals surface area contributed by atoms with E-state index in [1.54, 1.807) is 61.5 Å². The van der Waals surface area contributed by atoms with Gasteiger partial charge < -0.3 is 10.1 Å². The van der Waals surface area contributed by atoms with E-state index in [-0.39, 0.29) is 28.5 Å². The molecule has 7 nitrogen and oxygen atoms in total. The van der Waals surface area contributed by atoms with Gasteiger partial charge in [-0.2, -0.15) is 4.31 Å². The van der Waals surface area contributed by atoms with Gasteiger partial charge in [-0.1, -0.05) is 48.0 Å². The molecule has 35 heavy (non-hydrogen) atoms. The first-order chi connectivity index (χ1) is 16.7. The highest BCUT2D eigenvalue weighted by atomic mass is 35.5. The molecule has 3 aromatic carbocycles. The minimum atomic E-state index is -3.96. The summed E-state index contributed by atoms with van der Waals surface area (Å²) < 4.78 is 33.4. The van der Waals surface area contributed by atoms with Crippen molar-refractivity contribution in [1.82, 2.24) is 4.31 Å². The Labute approximate surface area is 209 Å². The van der Waals surface area contributed by atoms with Crippen LogP contribution in [0.1, 0.15) is 34.3 Å². The first-order valence-corrected chi connectivity index (χ1v) is 12.9. The first kappa shape index (κ1) is 24.9. The van der Waals surface area contributed by atoms with Gasteiger partial charge in [-0.3, -0.25) is 9.59 Å². The number of anilines is 1. The number of nitrogens with zero attached hydrogens (tertiary/aromatic N) is 1. The number of carbonyl (C=O) groups is 2. The van der Waals surface area contributed by atoms with E-state index < -0.39 is 22.0 Å². The molecule has 1 aliphatic rings. The molecule has 182 valence electrons. The Morgan fingerprint density at radius 3 is 2.51 bits per heavy atom. The smallest absolute Gasteiger partial charge is 0.244 e. The van der Waals surface area contributed by atoms with Crippen LogP contribution in [0.4, 0.5) is 5.69 Å². The summed E-state index contributed by atoms with van der Waals surface area (Å²) in [4.78, 5) is 26.5. The predicted octanol–water partition coefficient (Wildman–Crippen LogP) is 4.68. The van der Waals surface area contributed by atoms with Crippen molar-refractivity contribution in [2.24, 2.45) is 0 Å². The zero-order valence-electron chi connectivity index (χ0n) is 19.3. The molecular weight excluding hydrogens is 488 g/mol. The van der Waals surface area contributed by atoms with Crippen molar-refractivity contribution >= 4 is 39.0 Å². The maximum Gasteiger partial charge on any atom is 0.244 e. The summed E-state index contributed by atoms with van der Waals surface area (Å²) in [6.45, 7) is 1.92. The van der Waals surface area contributed by atoms with Crippen LogP contribution in [0.15, 0.2) is 71.6 Å². The summed E-state index contributed by atoms with van der Waals surface area (Å²) in [6, 6.07) is 17.2. The topological polar surface area (TPSA) is 92.8 Å². The first-order valence-electron chi connectivity index (χ1n) is 11.1. The molecule has 1 N–H and O–H groups in total. The van der Waals surface area contributed by atoms with Crippen LogP contribution in [0.2, 0.25) is 5.02 Å². The minimum Gasteiger partial charge on any atom is -0.497 e. The standard InChI is InChI=1S/C26H25ClN2O5S/c1-17-10-12-20(34-2)16-24(17)35(32,33)29-14-6-9-23(29)26(31)28-22-13-11-19(27)15-21(22)25(30)18-7-4-3-5-8-18/h3-5,7-8,10-13,15-16,23H,6,9,14H2,1-2H3,(H,28,31)/t23-/m0/s1. The number of aryl methyl sites for hydroxylation is 1. The van der Waals surface area contributed by atoms with Crippen molar-refractivity contribution in [2.75, 3.05) is 19.0 Å². The van der Waals surface area contributed by atoms with Crippen molar-refractivity contribution in [1.29, 1.82) is 0 Å². The van der Waals surface area contributed by atoms with Crippen LogP contribution in [0.3, 0.4) is 0 Å². The highest BCUT2D eigenvalue weighted by molar-refractivity contribution is 7.89. The normalized spacial score (nSPS) is 16.1. The molecule has 0 spiro atoms. The van der Waals surface area contributed by atoms with E-state index in [0.717, 1.165) is 0 Å². The fourth-order valence-corrected chi connectivity index (χ4v) is 6.25. The lowest BCUT2D eigenvalue weighted by Gasteiger charge is -2.25. The molecule has 9 heteroatoms. The van der Waals surface area contributed by atoms with E-state index in [4.69, 9.17) is 16.3 Å². The molecule has 0 radical (unpaired) electrons. The molecular formula is C26H25ClN2O5S. The van der Waals surface area contributed by atoms with Gasteiger partial charge in [0.2, 0.25) is 15.9 Å². The Bertz CT molecular complexity index is 1380. The molecule has 1 aliphatic heterocycles. The Morgan fingerprint density at radius 2 is 1.80 bits per heavy atom. The fraction of sp³-hybridized carbons (Fsp3) is 0.231. The van der Waals surface area contributed by atoms with E-state index in [9.17, 15) is 18.0 Å². The summed E-state index contributed by atoms with van der Waals surface area (Å²) in [7, 11) is -2.49. The lowest BCUT2D eigenvalue weighted by molar-refractivity contribution is -0.119. The third kappa shape index (κ3) is 5.10. The number of ether oxygens (including phenoxy) is 1. The Balaban J connectivity index is 1.63. The fourth-order valence-electron chi connectivity index (χ4n) is 4.18. The van der Waals surface area contributed by atoms with Crippen LogP contribution in [-0.2, 0) is 14.8 Å². The Morgan fingerprint density at radius 1 is 1.06 bits per heavy atom. The number of sulfonamides is 1. The van der Waals surface area contributed by atoms with Crippen LogP contribution in [0, 0.1) is 6.92 Å². The number of amides is 1. The molecule has 0 aliphatic carbocycles. The quantitative estimate of drug-likeness (QED) is 0.464. The number of nitrogens with one attached hydrogen (secondary N) is 1. The second kappa shape index (κ2) is 10.2. The van der Waals surface area contributed by atoms with E-state index in [0.29, 0.717) is 34.7 Å². The van der Waals surface area contributed by atoms with Crippen molar-refractivity contribution < 1.29 is 22.7 Å². The largest absolute Gasteiger partial charge is 0.497 e. The SMILES string of the molecule is COc1ccc(C)c(S(=O)(=O)N2CCC[C@H]2C(=O)Nc2ccc(Cl)cc2C(=O)c2ccccc2)c1. The molecule has 1 atom stereocenters. The van der Waals surface area contributed by atoms with Crippen LogP contribution in [0.5, 0.6) is 5.75 Å². The van der Waals surface area contributed by atoms with Crippen molar-refractivity contribution in [3.63, 3.8) is 0 Å². The number of ketones is 1. The zero-order chi connectivity index (χ0) is 25.2. The molecule has 0 bridgehead atoms. The number of hydrogen-bond acceptors (Lipinski definition) is 5. The predicted molar refractivity (Wildman–Crippen MR) is 135 cm³/mol. The van der Waals surface area contributed by atoms with E-state index in [2.05, 4.69) is 5.32 Å². The number of halogens is 1. The number of rotatable bonds is 7. The van der Waals surface area contributed by atoms with E-state index >= 15 is 0 Å². The van der Waals surface area contributed by atoms with E-state index in [1.165, 1.54) is 23.5 Å². The van der Waals surface area contributed by atoms with Gasteiger partial charge in [0.1, 0.15) is 11.8 Å². The van der Waals surface area contributed by atoms with Crippen LogP contribution >= 0.6 is 11.6 Å². The molecule has 0 unspecified atom stereocenters. The minimum absolute atomic E-state index is 0.1000. The zero-order valence-corrected chi connectivity index (χ0v) is 20.9. The average molecular weight is 513 g/mol. The Hall–Kier alpha value is -3.20. The molecule has 0 saturated carbocycles. The van der Waals surface area contributed by atoms with Gasteiger partial charge in [0, 0.05) is 28.8 Å². The average Bonchev–Trinajstić information content (AvgIpc) is 3.37. The summed E-state index contributed by atoms with van der Waals surface area (Å²) in [5, 5.41) is 3.12. The van der Waals surface area contributed by atoms with Crippen LogP contribution in [-0.4, -0.2) is 44.1 Å². The van der Waals surface area contributed by atoms with Gasteiger partial charge in [0.05, 0.1) is 17.7 Å². The molecule has 3 aromatic rings. The van der Waals surface area contributed by atoms with Crippen molar-refractivity contribution in [3.05, 3.63) is 88.4 Å². The van der Waals surface area contributed by atoms with Gasteiger partial charge in [0.25, 0.3) is 0 Å². The monoisotopic (exact) mass is 512 g/mol. The second-order valence-corrected chi connectivity index (χ2v) is 10.6. The molecule has 4 rings (SSSR count). The maximum atomic E-state index is 13.5. The lowest BCUT2D eigenvalue weighted by Crippen LogP contribution is -2.43. The molecule has 0 aromatic heterocycles. The van der Waals surface area contributed by atoms with Gasteiger partial charge in [0.15, 0.2) is 5.78 Å². The highest BCUT2D eigenvalue weighted by Gasteiger charge is 2.40. The van der Waals surface area contributed by atoms with Gasteiger partial charge >= 0.3 is 0 Å². The van der Waals surface area contributed by atoms with E-state index in [1.807, 2.05) is 0 Å². The third-order valence-corrected chi connectivity index (χ3v) is 8.29. The lowest BCUT2D eigenvalue weighted by atomic mass is 10.0. The third-order valence-electron chi connectivity index (χ3n) is 6.01. The summed E-state index contributed by atoms with van der Waals surface area (Å²) in [5.74, 6) is -0.387. The molecule has 1 saturated heterocycles. The van der Waals surface area contributed by atoms with Crippen molar-refractivity contribution in [3.8, 4) is 5.75 Å². The van der Waals surface area contributed by atoms with Crippen molar-refractivity contribution in [2.45, 2.75) is 30.7 Å². The Kier molecular flexibility index (Phi) is 7.25.